The predicted molar refractivity (Wildman–Crippen MR) is 54.7 cm³/mol. The van der Waals surface area contributed by atoms with E-state index in [1.165, 1.54) is 19.2 Å². The van der Waals surface area contributed by atoms with Gasteiger partial charge in [0.15, 0.2) is 9.84 Å². The van der Waals surface area contributed by atoms with Gasteiger partial charge in [0, 0.05) is 18.4 Å². The highest BCUT2D eigenvalue weighted by Crippen LogP contribution is 2.28. The van der Waals surface area contributed by atoms with Crippen LogP contribution >= 0.6 is 0 Å². The Hall–Kier alpha value is -1.18. The fourth-order valence-corrected chi connectivity index (χ4v) is 2.28. The van der Waals surface area contributed by atoms with Crippen molar-refractivity contribution < 1.29 is 22.8 Å². The van der Waals surface area contributed by atoms with E-state index in [4.69, 9.17) is 9.94 Å². The van der Waals surface area contributed by atoms with Crippen molar-refractivity contribution in [1.82, 2.24) is 5.48 Å². The van der Waals surface area contributed by atoms with E-state index in [0.717, 1.165) is 6.26 Å². The number of halogens is 1. The molecule has 0 unspecified atom stereocenters. The Morgan fingerprint density at radius 2 is 2.12 bits per heavy atom. The zero-order valence-corrected chi connectivity index (χ0v) is 9.64. The van der Waals surface area contributed by atoms with Gasteiger partial charge in [-0.05, 0) is 6.07 Å². The van der Waals surface area contributed by atoms with E-state index >= 15 is 0 Å². The van der Waals surface area contributed by atoms with Gasteiger partial charge in [0.2, 0.25) is 0 Å². The number of hydrogen-bond donors (Lipinski definition) is 2. The maximum absolute atomic E-state index is 13.8. The van der Waals surface area contributed by atoms with Gasteiger partial charge in [0.1, 0.15) is 16.5 Å². The number of hydrogen-bond acceptors (Lipinski definition) is 5. The van der Waals surface area contributed by atoms with Gasteiger partial charge in [-0.25, -0.2) is 18.3 Å². The van der Waals surface area contributed by atoms with E-state index in [2.05, 4.69) is 0 Å². The maximum atomic E-state index is 13.8. The van der Waals surface area contributed by atoms with Crippen LogP contribution in [-0.2, 0) is 16.4 Å². The van der Waals surface area contributed by atoms with Crippen molar-refractivity contribution in [2.75, 3.05) is 13.4 Å². The van der Waals surface area contributed by atoms with Gasteiger partial charge in [-0.1, -0.05) is 6.07 Å². The molecule has 0 saturated heterocycles. The van der Waals surface area contributed by atoms with Crippen molar-refractivity contribution in [1.29, 1.82) is 0 Å². The number of nitrogens with one attached hydrogen (secondary N) is 1. The van der Waals surface area contributed by atoms with Gasteiger partial charge < -0.3 is 9.94 Å². The molecule has 1 rings (SSSR count). The van der Waals surface area contributed by atoms with Crippen molar-refractivity contribution >= 4 is 9.84 Å². The van der Waals surface area contributed by atoms with E-state index < -0.39 is 20.5 Å². The van der Waals surface area contributed by atoms with Crippen LogP contribution in [0.1, 0.15) is 5.56 Å². The van der Waals surface area contributed by atoms with Crippen LogP contribution in [0.4, 0.5) is 4.39 Å². The lowest BCUT2D eigenvalue weighted by Crippen LogP contribution is -2.12. The summed E-state index contributed by atoms with van der Waals surface area (Å²) in [7, 11) is -2.47. The van der Waals surface area contributed by atoms with Crippen molar-refractivity contribution in [3.63, 3.8) is 0 Å². The van der Waals surface area contributed by atoms with Crippen LogP contribution < -0.4 is 10.2 Å². The molecule has 2 N–H and O–H groups in total. The molecule has 0 bridgehead atoms. The molecule has 90 valence electrons. The molecule has 0 atom stereocenters. The second-order valence-electron chi connectivity index (χ2n) is 3.18. The third-order valence-corrected chi connectivity index (χ3v) is 3.12. The molecule has 0 aliphatic rings. The number of benzene rings is 1. The Labute approximate surface area is 92.7 Å². The summed E-state index contributed by atoms with van der Waals surface area (Å²) in [6.07, 6.45) is 0.893. The first-order valence-corrected chi connectivity index (χ1v) is 6.23. The smallest absolute Gasteiger partial charge is 0.182 e. The van der Waals surface area contributed by atoms with Crippen LogP contribution in [0.25, 0.3) is 0 Å². The topological polar surface area (TPSA) is 75.6 Å². The largest absolute Gasteiger partial charge is 0.495 e. The van der Waals surface area contributed by atoms with Crippen LogP contribution in [0.15, 0.2) is 17.0 Å². The van der Waals surface area contributed by atoms with Crippen molar-refractivity contribution in [3.8, 4) is 5.75 Å². The van der Waals surface area contributed by atoms with Crippen molar-refractivity contribution in [2.45, 2.75) is 11.4 Å². The molecule has 5 nitrogen and oxygen atoms in total. The summed E-state index contributed by atoms with van der Waals surface area (Å²) in [5, 5.41) is 8.47. The van der Waals surface area contributed by atoms with E-state index in [1.54, 1.807) is 5.48 Å². The summed E-state index contributed by atoms with van der Waals surface area (Å²) in [6, 6.07) is 2.68. The Morgan fingerprint density at radius 1 is 1.50 bits per heavy atom. The Balaban J connectivity index is 3.47. The molecular weight excluding hydrogens is 237 g/mol. The molecule has 0 aliphatic carbocycles. The van der Waals surface area contributed by atoms with E-state index in [-0.39, 0.29) is 17.9 Å². The zero-order chi connectivity index (χ0) is 12.3. The summed E-state index contributed by atoms with van der Waals surface area (Å²) in [5.74, 6) is -0.968. The molecule has 0 aromatic heterocycles. The highest BCUT2D eigenvalue weighted by atomic mass is 32.2. The Kier molecular flexibility index (Phi) is 3.84. The van der Waals surface area contributed by atoms with E-state index in [9.17, 15) is 12.8 Å². The molecular formula is C9H12FNO4S. The van der Waals surface area contributed by atoms with Crippen LogP contribution in [0, 0.1) is 5.82 Å². The minimum absolute atomic E-state index is 0.0451. The number of rotatable bonds is 4. The third kappa shape index (κ3) is 2.49. The minimum Gasteiger partial charge on any atom is -0.495 e. The van der Waals surface area contributed by atoms with E-state index in [0.29, 0.717) is 0 Å². The van der Waals surface area contributed by atoms with Crippen LogP contribution in [0.5, 0.6) is 5.75 Å². The third-order valence-electron chi connectivity index (χ3n) is 2.00. The monoisotopic (exact) mass is 249 g/mol. The van der Waals surface area contributed by atoms with Gasteiger partial charge in [-0.15, -0.1) is 0 Å². The first-order chi connectivity index (χ1) is 7.41. The fraction of sp³-hybridized carbons (Fsp3) is 0.333. The van der Waals surface area contributed by atoms with Gasteiger partial charge in [-0.3, -0.25) is 0 Å². The highest BCUT2D eigenvalue weighted by Gasteiger charge is 2.22. The van der Waals surface area contributed by atoms with Gasteiger partial charge in [0.05, 0.1) is 7.11 Å². The molecule has 0 saturated carbocycles. The average Bonchev–Trinajstić information content (AvgIpc) is 2.19. The lowest BCUT2D eigenvalue weighted by Gasteiger charge is -2.10. The first-order valence-electron chi connectivity index (χ1n) is 4.34. The standard InChI is InChI=1S/C9H12FNO4S/c1-15-7-4-3-6(5-11-12)8(10)9(7)16(2,13)14/h3-4,11-12H,5H2,1-2H3. The summed E-state index contributed by atoms with van der Waals surface area (Å²) in [6.45, 7) is -0.182. The van der Waals surface area contributed by atoms with Gasteiger partial charge >= 0.3 is 0 Å². The predicted octanol–water partition coefficient (Wildman–Crippen LogP) is 0.717. The zero-order valence-electron chi connectivity index (χ0n) is 8.82. The quantitative estimate of drug-likeness (QED) is 0.769. The summed E-state index contributed by atoms with van der Waals surface area (Å²) in [5.41, 5.74) is 1.81. The van der Waals surface area contributed by atoms with Crippen LogP contribution in [0.2, 0.25) is 0 Å². The van der Waals surface area contributed by atoms with E-state index in [1.807, 2.05) is 0 Å². The molecule has 0 heterocycles. The molecule has 0 amide bonds. The fourth-order valence-electron chi connectivity index (χ4n) is 1.31. The maximum Gasteiger partial charge on any atom is 0.182 e. The summed E-state index contributed by atoms with van der Waals surface area (Å²) < 4.78 is 41.4. The summed E-state index contributed by atoms with van der Waals surface area (Å²) in [4.78, 5) is -0.497. The highest BCUT2D eigenvalue weighted by molar-refractivity contribution is 7.90. The lowest BCUT2D eigenvalue weighted by atomic mass is 10.2. The number of sulfone groups is 1. The molecule has 1 aromatic carbocycles. The summed E-state index contributed by atoms with van der Waals surface area (Å²) >= 11 is 0. The molecule has 16 heavy (non-hydrogen) atoms. The Morgan fingerprint density at radius 3 is 2.56 bits per heavy atom. The first kappa shape index (κ1) is 12.9. The second kappa shape index (κ2) is 4.77. The second-order valence-corrected chi connectivity index (χ2v) is 5.13. The normalized spacial score (nSPS) is 11.5. The van der Waals surface area contributed by atoms with Gasteiger partial charge in [0.25, 0.3) is 0 Å². The molecule has 0 fully saturated rings. The van der Waals surface area contributed by atoms with Crippen LogP contribution in [-0.4, -0.2) is 27.0 Å². The molecule has 0 radical (unpaired) electrons. The molecule has 7 heteroatoms. The average molecular weight is 249 g/mol. The lowest BCUT2D eigenvalue weighted by molar-refractivity contribution is 0.159. The van der Waals surface area contributed by atoms with Crippen molar-refractivity contribution in [2.24, 2.45) is 0 Å². The minimum atomic E-state index is -3.73. The Bertz CT molecular complexity index is 487. The SMILES string of the molecule is COc1ccc(CNO)c(F)c1S(C)(=O)=O. The van der Waals surface area contributed by atoms with Crippen LogP contribution in [0.3, 0.4) is 0 Å². The molecule has 1 aromatic rings. The molecule has 0 spiro atoms. The number of methoxy groups -OCH3 is 1. The number of ether oxygens (including phenoxy) is 1. The molecule has 0 aliphatic heterocycles. The van der Waals surface area contributed by atoms with Gasteiger partial charge in [-0.2, -0.15) is 0 Å². The van der Waals surface area contributed by atoms with Crippen molar-refractivity contribution in [3.05, 3.63) is 23.5 Å². The number of hydroxylamine groups is 1.